The fourth-order valence-electron chi connectivity index (χ4n) is 12.0. The molecule has 1 unspecified atom stereocenters. The molecule has 0 spiro atoms. The summed E-state index contributed by atoms with van der Waals surface area (Å²) < 4.78 is 120. The summed E-state index contributed by atoms with van der Waals surface area (Å²) in [5, 5.41) is 19.6. The molecule has 0 radical (unpaired) electrons. The van der Waals surface area contributed by atoms with Crippen LogP contribution in [0.25, 0.3) is 22.3 Å². The van der Waals surface area contributed by atoms with Gasteiger partial charge in [0.25, 0.3) is 5.56 Å². The van der Waals surface area contributed by atoms with Gasteiger partial charge in [0.05, 0.1) is 166 Å². The van der Waals surface area contributed by atoms with E-state index in [2.05, 4.69) is 53.4 Å². The van der Waals surface area contributed by atoms with Crippen LogP contribution in [0.5, 0.6) is 0 Å². The molecule has 6 N–H and O–H groups in total. The second kappa shape index (κ2) is 46.9. The van der Waals surface area contributed by atoms with Gasteiger partial charge in [0, 0.05) is 72.8 Å². The van der Waals surface area contributed by atoms with E-state index in [1.165, 1.54) is 27.5 Å². The average Bonchev–Trinajstić information content (AvgIpc) is 1.49. The van der Waals surface area contributed by atoms with Gasteiger partial charge in [0.15, 0.2) is 0 Å². The number of sulfone groups is 1. The molecule has 0 saturated carbocycles. The van der Waals surface area contributed by atoms with E-state index in [4.69, 9.17) is 67.6 Å². The number of esters is 1. The molecule has 6 heterocycles. The summed E-state index contributed by atoms with van der Waals surface area (Å²) in [6.45, 7) is 11.2. The molecule has 2 aromatic carbocycles. The Morgan fingerprint density at radius 2 is 1.36 bits per heavy atom. The Labute approximate surface area is 662 Å². The molecule has 0 saturated heterocycles. The lowest BCUT2D eigenvalue weighted by Gasteiger charge is -2.35. The SMILES string of the molecule is CC[C@@]1(OC(=O)OCc2ccc(NC(=O)C(CCCCN)NC(=O)COCC(=O)NCCOCCOCCOCCOCCOCCOCCOCCOCCn3cc(CNC(=O)CCCC#Cc4cnc(S(C)(=O)=O)nc4)nn3)cc2)C(=O)OCc2c1cc1n(c2=O)Cc2c-1nc1ccccc1c2CCN(C(C)C)S(C)(=O)=O. The predicted octanol–water partition coefficient (Wildman–Crippen LogP) is 2.79. The molecule has 2 aliphatic rings. The van der Waals surface area contributed by atoms with Gasteiger partial charge in [-0.25, -0.2) is 46.1 Å². The lowest BCUT2D eigenvalue weighted by molar-refractivity contribution is -0.175. The highest BCUT2D eigenvalue weighted by molar-refractivity contribution is 7.90. The maximum absolute atomic E-state index is 14.4. The maximum atomic E-state index is 14.4. The first-order chi connectivity index (χ1) is 55.0. The van der Waals surface area contributed by atoms with Gasteiger partial charge < -0.3 is 88.4 Å². The zero-order chi connectivity index (χ0) is 81.7. The number of fused-ring (bicyclic) bond motifs is 5. The number of aromatic nitrogens is 7. The first kappa shape index (κ1) is 90.2. The van der Waals surface area contributed by atoms with Gasteiger partial charge in [-0.3, -0.25) is 24.0 Å². The van der Waals surface area contributed by atoms with Crippen molar-refractivity contribution in [3.63, 3.8) is 0 Å². The summed E-state index contributed by atoms with van der Waals surface area (Å²) in [5.74, 6) is 3.12. The van der Waals surface area contributed by atoms with Crippen molar-refractivity contribution in [3.05, 3.63) is 123 Å². The van der Waals surface area contributed by atoms with Crippen LogP contribution in [-0.2, 0) is 146 Å². The number of sulfonamides is 1. The van der Waals surface area contributed by atoms with E-state index >= 15 is 0 Å². The molecule has 2 aliphatic heterocycles. The van der Waals surface area contributed by atoms with Gasteiger partial charge in [-0.1, -0.05) is 54.3 Å². The highest BCUT2D eigenvalue weighted by Crippen LogP contribution is 2.42. The minimum atomic E-state index is -3.54. The van der Waals surface area contributed by atoms with Crippen LogP contribution in [0.1, 0.15) is 105 Å². The number of carbonyl (C=O) groups excluding carboxylic acids is 6. The third-order valence-corrected chi connectivity index (χ3v) is 20.1. The molecule has 38 heteroatoms. The molecule has 8 rings (SSSR count). The van der Waals surface area contributed by atoms with E-state index in [-0.39, 0.29) is 100 Å². The van der Waals surface area contributed by atoms with Crippen LogP contribution in [0.3, 0.4) is 0 Å². The Morgan fingerprint density at radius 1 is 0.737 bits per heavy atom. The molecule has 0 aliphatic carbocycles. The van der Waals surface area contributed by atoms with Crippen molar-refractivity contribution in [2.75, 3.05) is 156 Å². The number of nitrogens with one attached hydrogen (secondary N) is 4. The van der Waals surface area contributed by atoms with Crippen LogP contribution in [-0.4, -0.2) is 255 Å². The average molecular weight is 1630 g/mol. The first-order valence-electron chi connectivity index (χ1n) is 37.7. The minimum absolute atomic E-state index is 0.119. The van der Waals surface area contributed by atoms with E-state index in [1.807, 2.05) is 24.3 Å². The summed E-state index contributed by atoms with van der Waals surface area (Å²) in [7, 11) is -7.02. The third-order valence-electron chi connectivity index (χ3n) is 17.8. The molecular formula is C76H103N13O23S2. The van der Waals surface area contributed by atoms with Crippen molar-refractivity contribution in [1.29, 1.82) is 0 Å². The number of pyridine rings is 2. The molecule has 114 heavy (non-hydrogen) atoms. The van der Waals surface area contributed by atoms with Crippen molar-refractivity contribution < 1.29 is 102 Å². The Balaban J connectivity index is 0.597. The second-order valence-corrected chi connectivity index (χ2v) is 30.5. The maximum Gasteiger partial charge on any atom is 0.510 e. The number of cyclic esters (lactones) is 1. The van der Waals surface area contributed by atoms with E-state index in [0.717, 1.165) is 22.8 Å². The number of para-hydroxylation sites is 1. The van der Waals surface area contributed by atoms with Gasteiger partial charge >= 0.3 is 12.1 Å². The summed E-state index contributed by atoms with van der Waals surface area (Å²) in [6, 6.07) is 14.1. The number of rotatable bonds is 53. The number of nitrogens with two attached hydrogens (primary N) is 1. The standard InChI is InChI=1S/C76H103N13O23S2/c1-6-76(63-44-66-70-61(49-88(66)72(94)62(63)51-110-73(76)95)59(60-15-10-11-16-64(60)84-70)23-26-89(54(2)3)114(5,99)100)112-75(96)111-50-55-19-21-57(22-20-55)82-71(93)65(17-12-13-24-77)83-69(92)53-109-52-68(91)78-25-28-101-30-32-103-34-36-105-38-40-107-42-43-108-41-39-106-37-35-104-33-31-102-29-27-87-48-58(85-86-87)47-79-67(90)18-9-7-8-14-56-45-80-74(81-46-56)113(4,97)98/h10-11,15-16,19-22,44-46,48,54,65H,6-7,9,12-13,17-18,23-43,47,49-53,77H2,1-5H3,(H,78,91)(H,79,90)(H,82,93)(H,83,92)/t65?,76-/m0/s1. The first-order valence-corrected chi connectivity index (χ1v) is 41.4. The summed E-state index contributed by atoms with van der Waals surface area (Å²) in [4.78, 5) is 106. The fourth-order valence-corrected chi connectivity index (χ4v) is 13.7. The highest BCUT2D eigenvalue weighted by Gasteiger charge is 2.51. The number of nitrogens with zero attached hydrogens (tertiary/aromatic N) is 8. The molecule has 6 aromatic rings. The van der Waals surface area contributed by atoms with Gasteiger partial charge in [0.1, 0.15) is 38.2 Å². The monoisotopic (exact) mass is 1630 g/mol. The molecular weight excluding hydrogens is 1530 g/mol. The normalized spacial score (nSPS) is 14.0. The van der Waals surface area contributed by atoms with Gasteiger partial charge in [-0.2, -0.15) is 4.31 Å². The molecule has 4 amide bonds. The van der Waals surface area contributed by atoms with E-state index in [0.29, 0.717) is 177 Å². The number of anilines is 1. The number of benzene rings is 2. The number of hydrogen-bond donors (Lipinski definition) is 5. The van der Waals surface area contributed by atoms with Crippen LogP contribution in [0.15, 0.2) is 83.1 Å². The summed E-state index contributed by atoms with van der Waals surface area (Å²) >= 11 is 0. The van der Waals surface area contributed by atoms with Crippen LogP contribution in [0.4, 0.5) is 10.5 Å². The topological polar surface area (TPSA) is 450 Å². The van der Waals surface area contributed by atoms with E-state index in [9.17, 15) is 50.4 Å². The largest absolute Gasteiger partial charge is 0.510 e. The third kappa shape index (κ3) is 28.9. The Bertz CT molecular complexity index is 4500. The van der Waals surface area contributed by atoms with Crippen LogP contribution >= 0.6 is 0 Å². The lowest BCUT2D eigenvalue weighted by atomic mass is 9.85. The van der Waals surface area contributed by atoms with Crippen LogP contribution < -0.4 is 32.6 Å². The molecule has 4 aromatic heterocycles. The predicted molar refractivity (Wildman–Crippen MR) is 412 cm³/mol. The van der Waals surface area contributed by atoms with Crippen molar-refractivity contribution in [1.82, 2.24) is 54.8 Å². The molecule has 36 nitrogen and oxygen atoms in total. The molecule has 2 atom stereocenters. The second-order valence-electron chi connectivity index (χ2n) is 26.6. The van der Waals surface area contributed by atoms with Crippen molar-refractivity contribution in [2.45, 2.75) is 128 Å². The molecule has 0 fully saturated rings. The quantitative estimate of drug-likeness (QED) is 0.0158. The number of ether oxygens (including phenoxy) is 12. The Hall–Kier alpha value is -9.34. The van der Waals surface area contributed by atoms with Gasteiger partial charge in [0.2, 0.25) is 54.2 Å². The lowest BCUT2D eigenvalue weighted by Crippen LogP contribution is -2.47. The summed E-state index contributed by atoms with van der Waals surface area (Å²) in [6.07, 6.45) is 8.29. The Morgan fingerprint density at radius 3 is 1.97 bits per heavy atom. The van der Waals surface area contributed by atoms with Crippen molar-refractivity contribution in [3.8, 4) is 23.2 Å². The highest BCUT2D eigenvalue weighted by atomic mass is 32.2. The molecule has 0 bridgehead atoms. The van der Waals surface area contributed by atoms with Crippen molar-refractivity contribution in [2.24, 2.45) is 5.73 Å². The van der Waals surface area contributed by atoms with Gasteiger partial charge in [-0.05, 0) is 94.3 Å². The number of hydrogen-bond acceptors (Lipinski definition) is 29. The van der Waals surface area contributed by atoms with Crippen molar-refractivity contribution >= 4 is 72.2 Å². The van der Waals surface area contributed by atoms with Gasteiger partial charge in [-0.15, -0.1) is 5.10 Å². The number of carbonyl (C=O) groups is 6. The van der Waals surface area contributed by atoms with Crippen LogP contribution in [0.2, 0.25) is 0 Å². The zero-order valence-electron chi connectivity index (χ0n) is 65.0. The van der Waals surface area contributed by atoms with E-state index < -0.39 is 80.1 Å². The smallest absolute Gasteiger partial charge is 0.457 e. The molecule has 622 valence electrons. The number of unbranched alkanes of at least 4 members (excludes halogenated alkanes) is 2. The van der Waals surface area contributed by atoms with Crippen LogP contribution in [0, 0.1) is 11.8 Å². The number of amides is 4. The van der Waals surface area contributed by atoms with E-state index in [1.54, 1.807) is 62.0 Å². The summed E-state index contributed by atoms with van der Waals surface area (Å²) in [5.41, 5.74) is 8.45. The Kier molecular flexibility index (Phi) is 37.1. The fraction of sp³-hybridized carbons (Fsp3) is 0.553. The zero-order valence-corrected chi connectivity index (χ0v) is 66.6. The minimum Gasteiger partial charge on any atom is -0.457 e.